The Morgan fingerprint density at radius 3 is 2.17 bits per heavy atom. The molecule has 0 aromatic heterocycles. The molecule has 29 heavy (non-hydrogen) atoms. The maximum Gasteiger partial charge on any atom is 0.284 e. The van der Waals surface area contributed by atoms with E-state index in [0.717, 1.165) is 16.2 Å². The summed E-state index contributed by atoms with van der Waals surface area (Å²) in [4.78, 5) is 15.6. The summed E-state index contributed by atoms with van der Waals surface area (Å²) < 4.78 is 26.7. The zero-order chi connectivity index (χ0) is 20.9. The first-order chi connectivity index (χ1) is 13.9. The third-order valence-electron chi connectivity index (χ3n) is 5.41. The van der Waals surface area contributed by atoms with E-state index in [1.807, 2.05) is 67.6 Å². The summed E-state index contributed by atoms with van der Waals surface area (Å²) in [5.41, 5.74) is 1.71. The van der Waals surface area contributed by atoms with Crippen molar-refractivity contribution in [3.05, 3.63) is 71.6 Å². The minimum atomic E-state index is -3.47. The van der Waals surface area contributed by atoms with Crippen molar-refractivity contribution in [3.8, 4) is 0 Å². The molecule has 0 radical (unpaired) electrons. The van der Waals surface area contributed by atoms with Gasteiger partial charge in [0.15, 0.2) is 6.04 Å². The summed E-state index contributed by atoms with van der Waals surface area (Å²) in [6.45, 7) is 3.94. The van der Waals surface area contributed by atoms with Crippen LogP contribution in [0, 0.1) is 0 Å². The van der Waals surface area contributed by atoms with Crippen LogP contribution in [0.4, 0.5) is 5.69 Å². The first-order valence-electron chi connectivity index (χ1n) is 9.79. The third kappa shape index (κ3) is 5.32. The van der Waals surface area contributed by atoms with Gasteiger partial charge < -0.3 is 9.80 Å². The van der Waals surface area contributed by atoms with Crippen molar-refractivity contribution < 1.29 is 18.1 Å². The lowest BCUT2D eigenvalue weighted by atomic mass is 10.2. The minimum absolute atomic E-state index is 0.0338. The molecule has 154 valence electrons. The number of likely N-dealkylation sites (N-methyl/N-ethyl adjacent to an activating group) is 1. The van der Waals surface area contributed by atoms with Crippen LogP contribution in [0.3, 0.4) is 0 Å². The highest BCUT2D eigenvalue weighted by Gasteiger charge is 2.34. The van der Waals surface area contributed by atoms with Crippen LogP contribution in [0.15, 0.2) is 66.1 Å². The molecule has 1 fully saturated rings. The molecule has 1 atom stereocenters. The number of carbonyl (C=O) groups is 1. The number of anilines is 1. The van der Waals surface area contributed by atoms with Crippen LogP contribution in [-0.2, 0) is 14.8 Å². The average molecular weight is 415 g/mol. The molecule has 0 unspecified atom stereocenters. The van der Waals surface area contributed by atoms with E-state index in [-0.39, 0.29) is 11.9 Å². The highest BCUT2D eigenvalue weighted by atomic mass is 32.2. The molecular weight excluding hydrogens is 386 g/mol. The van der Waals surface area contributed by atoms with Crippen molar-refractivity contribution in [1.29, 1.82) is 0 Å². The van der Waals surface area contributed by atoms with E-state index in [0.29, 0.717) is 26.2 Å². The van der Waals surface area contributed by atoms with Gasteiger partial charge in [-0.3, -0.25) is 4.79 Å². The maximum absolute atomic E-state index is 12.8. The van der Waals surface area contributed by atoms with Crippen LogP contribution in [0.5, 0.6) is 0 Å². The van der Waals surface area contributed by atoms with E-state index < -0.39 is 10.0 Å². The Balaban J connectivity index is 1.58. The first-order valence-corrected chi connectivity index (χ1v) is 11.3. The molecule has 1 aliphatic heterocycles. The van der Waals surface area contributed by atoms with Gasteiger partial charge in [-0.25, -0.2) is 8.42 Å². The number of sulfonamides is 1. The number of hydrogen-bond acceptors (Lipinski definition) is 3. The number of rotatable bonds is 6. The fourth-order valence-electron chi connectivity index (χ4n) is 3.52. The van der Waals surface area contributed by atoms with Gasteiger partial charge in [-0.2, -0.15) is 4.31 Å². The van der Waals surface area contributed by atoms with E-state index in [2.05, 4.69) is 0 Å². The summed E-state index contributed by atoms with van der Waals surface area (Å²) in [5, 5.41) is 1.27. The molecule has 2 aromatic rings. The summed E-state index contributed by atoms with van der Waals surface area (Å²) >= 11 is 0. The Kier molecular flexibility index (Phi) is 6.84. The van der Waals surface area contributed by atoms with Crippen LogP contribution in [0.2, 0.25) is 0 Å². The van der Waals surface area contributed by atoms with E-state index >= 15 is 0 Å². The smallest absolute Gasteiger partial charge is 0.284 e. The Morgan fingerprint density at radius 1 is 1.03 bits per heavy atom. The number of hydrogen-bond donors (Lipinski definition) is 1. The molecule has 1 saturated heterocycles. The molecule has 1 N–H and O–H groups in total. The molecule has 0 saturated carbocycles. The van der Waals surface area contributed by atoms with E-state index in [1.54, 1.807) is 18.0 Å². The Hall–Kier alpha value is -2.48. The van der Waals surface area contributed by atoms with Crippen LogP contribution in [-0.4, -0.2) is 57.9 Å². The van der Waals surface area contributed by atoms with Gasteiger partial charge in [-0.1, -0.05) is 48.5 Å². The number of piperazine rings is 1. The monoisotopic (exact) mass is 414 g/mol. The Bertz CT molecular complexity index is 938. The molecule has 7 heteroatoms. The van der Waals surface area contributed by atoms with E-state index in [4.69, 9.17) is 0 Å². The number of nitrogens with one attached hydrogen (secondary N) is 1. The molecule has 1 aliphatic rings. The Morgan fingerprint density at radius 2 is 1.59 bits per heavy atom. The topological polar surface area (TPSA) is 62.1 Å². The SMILES string of the molecule is C[C@@H](C(=O)N(C)c1ccccc1)[NH+]1CCN(S(=O)(=O)/C=C/c2ccccc2)CC1. The largest absolute Gasteiger partial charge is 0.323 e. The molecule has 2 aromatic carbocycles. The van der Waals surface area contributed by atoms with E-state index in [1.165, 1.54) is 9.71 Å². The van der Waals surface area contributed by atoms with Crippen molar-refractivity contribution in [1.82, 2.24) is 4.31 Å². The van der Waals surface area contributed by atoms with Gasteiger partial charge in [-0.15, -0.1) is 0 Å². The molecule has 0 spiro atoms. The summed E-state index contributed by atoms with van der Waals surface area (Å²) in [6.07, 6.45) is 1.62. The van der Waals surface area contributed by atoms with Crippen molar-refractivity contribution in [2.45, 2.75) is 13.0 Å². The van der Waals surface area contributed by atoms with Crippen LogP contribution >= 0.6 is 0 Å². The van der Waals surface area contributed by atoms with Gasteiger partial charge in [-0.05, 0) is 30.7 Å². The van der Waals surface area contributed by atoms with Crippen molar-refractivity contribution in [2.75, 3.05) is 38.1 Å². The lowest BCUT2D eigenvalue weighted by Crippen LogP contribution is -3.19. The normalized spacial score (nSPS) is 17.3. The quantitative estimate of drug-likeness (QED) is 0.774. The predicted octanol–water partition coefficient (Wildman–Crippen LogP) is 1.24. The lowest BCUT2D eigenvalue weighted by molar-refractivity contribution is -0.917. The molecule has 0 aliphatic carbocycles. The third-order valence-corrected chi connectivity index (χ3v) is 6.98. The lowest BCUT2D eigenvalue weighted by Gasteiger charge is -2.34. The number of amides is 1. The molecule has 3 rings (SSSR count). The number of benzene rings is 2. The average Bonchev–Trinajstić information content (AvgIpc) is 2.77. The maximum atomic E-state index is 12.8. The number of quaternary nitrogens is 1. The fraction of sp³-hybridized carbons (Fsp3) is 0.318. The molecule has 1 heterocycles. The summed E-state index contributed by atoms with van der Waals surface area (Å²) in [7, 11) is -1.69. The summed E-state index contributed by atoms with van der Waals surface area (Å²) in [6, 6.07) is 18.7. The second kappa shape index (κ2) is 9.35. The fourth-order valence-corrected chi connectivity index (χ4v) is 4.71. The first kappa shape index (κ1) is 21.2. The minimum Gasteiger partial charge on any atom is -0.323 e. The van der Waals surface area contributed by atoms with Crippen LogP contribution in [0.25, 0.3) is 6.08 Å². The zero-order valence-electron chi connectivity index (χ0n) is 16.9. The van der Waals surface area contributed by atoms with Crippen molar-refractivity contribution in [2.24, 2.45) is 0 Å². The highest BCUT2D eigenvalue weighted by Crippen LogP contribution is 2.12. The Labute approximate surface area is 173 Å². The van der Waals surface area contributed by atoms with Gasteiger partial charge in [0.1, 0.15) is 0 Å². The molecular formula is C22H28N3O3S+. The van der Waals surface area contributed by atoms with Gasteiger partial charge >= 0.3 is 0 Å². The number of para-hydroxylation sites is 1. The van der Waals surface area contributed by atoms with Gasteiger partial charge in [0.05, 0.1) is 26.2 Å². The standard InChI is InChI=1S/C22H27N3O3S/c1-19(22(26)23(2)21-11-7-4-8-12-21)24-14-16-25(17-15-24)29(27,28)18-13-20-9-5-3-6-10-20/h3-13,18-19H,14-17H2,1-2H3/p+1/b18-13+/t19-/m0/s1. The predicted molar refractivity (Wildman–Crippen MR) is 116 cm³/mol. The van der Waals surface area contributed by atoms with Crippen molar-refractivity contribution >= 4 is 27.7 Å². The van der Waals surface area contributed by atoms with Gasteiger partial charge in [0.25, 0.3) is 5.91 Å². The van der Waals surface area contributed by atoms with Crippen molar-refractivity contribution in [3.63, 3.8) is 0 Å². The number of nitrogens with zero attached hydrogens (tertiary/aromatic N) is 2. The zero-order valence-corrected chi connectivity index (χ0v) is 17.7. The highest BCUT2D eigenvalue weighted by molar-refractivity contribution is 7.92. The van der Waals surface area contributed by atoms with E-state index in [9.17, 15) is 13.2 Å². The second-order valence-corrected chi connectivity index (χ2v) is 9.09. The molecule has 6 nitrogen and oxygen atoms in total. The number of carbonyl (C=O) groups excluding carboxylic acids is 1. The molecule has 1 amide bonds. The van der Waals surface area contributed by atoms with Gasteiger partial charge in [0, 0.05) is 18.1 Å². The van der Waals surface area contributed by atoms with Gasteiger partial charge in [0.2, 0.25) is 10.0 Å². The van der Waals surface area contributed by atoms with Crippen LogP contribution < -0.4 is 9.80 Å². The summed E-state index contributed by atoms with van der Waals surface area (Å²) in [5.74, 6) is 0.0338. The second-order valence-electron chi connectivity index (χ2n) is 7.27. The molecule has 0 bridgehead atoms. The van der Waals surface area contributed by atoms with Crippen LogP contribution in [0.1, 0.15) is 12.5 Å².